The number of hydrogen-bond acceptors (Lipinski definition) is 6. The first-order valence-corrected chi connectivity index (χ1v) is 10.6. The van der Waals surface area contributed by atoms with Gasteiger partial charge in [0.25, 0.3) is 11.1 Å². The fraction of sp³-hybridized carbons (Fsp3) is 0.227. The van der Waals surface area contributed by atoms with Crippen molar-refractivity contribution in [2.75, 3.05) is 38.1 Å². The minimum absolute atomic E-state index is 0.337. The van der Waals surface area contributed by atoms with Gasteiger partial charge in [-0.2, -0.15) is 0 Å². The van der Waals surface area contributed by atoms with Crippen molar-refractivity contribution in [1.29, 1.82) is 0 Å². The number of amides is 2. The average molecular weight is 420 g/mol. The number of likely N-dealkylation sites (N-methyl/N-ethyl adjacent to an activating group) is 1. The molecule has 0 unspecified atom stereocenters. The van der Waals surface area contributed by atoms with Gasteiger partial charge >= 0.3 is 0 Å². The Morgan fingerprint density at radius 3 is 2.70 bits per heavy atom. The van der Waals surface area contributed by atoms with Gasteiger partial charge in [-0.15, -0.1) is 0 Å². The number of rotatable bonds is 3. The lowest BCUT2D eigenvalue weighted by Gasteiger charge is -2.34. The molecule has 0 atom stereocenters. The molecule has 4 heterocycles. The summed E-state index contributed by atoms with van der Waals surface area (Å²) >= 11 is 0.922. The fourth-order valence-electron chi connectivity index (χ4n) is 3.79. The molecule has 152 valence electrons. The van der Waals surface area contributed by atoms with Gasteiger partial charge in [0, 0.05) is 43.6 Å². The summed E-state index contributed by atoms with van der Waals surface area (Å²) in [5.41, 5.74) is 4.96. The van der Waals surface area contributed by atoms with E-state index in [1.807, 2.05) is 28.9 Å². The van der Waals surface area contributed by atoms with Gasteiger partial charge in [0.05, 0.1) is 16.8 Å². The van der Waals surface area contributed by atoms with Crippen molar-refractivity contribution in [2.45, 2.75) is 0 Å². The third-order valence-corrected chi connectivity index (χ3v) is 6.29. The first kappa shape index (κ1) is 18.9. The van der Waals surface area contributed by atoms with Crippen LogP contribution in [-0.2, 0) is 4.79 Å². The van der Waals surface area contributed by atoms with E-state index in [-0.39, 0.29) is 11.1 Å². The number of imidazole rings is 1. The Morgan fingerprint density at radius 2 is 1.93 bits per heavy atom. The van der Waals surface area contributed by atoms with Gasteiger partial charge in [0.15, 0.2) is 0 Å². The highest BCUT2D eigenvalue weighted by molar-refractivity contribution is 8.18. The number of nitrogens with zero attached hydrogens (tertiary/aromatic N) is 4. The molecule has 1 N–H and O–H groups in total. The van der Waals surface area contributed by atoms with E-state index in [4.69, 9.17) is 0 Å². The van der Waals surface area contributed by atoms with E-state index in [2.05, 4.69) is 51.4 Å². The largest absolute Gasteiger partial charge is 0.369 e. The third kappa shape index (κ3) is 3.59. The van der Waals surface area contributed by atoms with E-state index in [0.717, 1.165) is 60.4 Å². The molecule has 1 aromatic carbocycles. The van der Waals surface area contributed by atoms with E-state index < -0.39 is 0 Å². The molecule has 0 radical (unpaired) electrons. The summed E-state index contributed by atoms with van der Waals surface area (Å²) in [5, 5.41) is 1.95. The van der Waals surface area contributed by atoms with Crippen molar-refractivity contribution in [2.24, 2.45) is 0 Å². The number of fused-ring (bicyclic) bond motifs is 1. The van der Waals surface area contributed by atoms with E-state index in [1.165, 1.54) is 5.69 Å². The van der Waals surface area contributed by atoms with Gasteiger partial charge in [-0.1, -0.05) is 12.1 Å². The number of benzene rings is 1. The van der Waals surface area contributed by atoms with Crippen molar-refractivity contribution in [1.82, 2.24) is 19.6 Å². The Morgan fingerprint density at radius 1 is 1.10 bits per heavy atom. The predicted molar refractivity (Wildman–Crippen MR) is 119 cm³/mol. The molecule has 0 bridgehead atoms. The molecule has 0 spiro atoms. The first-order valence-electron chi connectivity index (χ1n) is 9.83. The van der Waals surface area contributed by atoms with Crippen molar-refractivity contribution < 1.29 is 9.59 Å². The summed E-state index contributed by atoms with van der Waals surface area (Å²) < 4.78 is 2.02. The quantitative estimate of drug-likeness (QED) is 0.658. The van der Waals surface area contributed by atoms with Gasteiger partial charge < -0.3 is 9.80 Å². The lowest BCUT2D eigenvalue weighted by atomic mass is 10.1. The number of hydrogen-bond donors (Lipinski definition) is 1. The summed E-state index contributed by atoms with van der Waals surface area (Å²) in [7, 11) is 2.16. The standard InChI is InChI=1S/C22H21N5O2S/c1-25-7-9-26(10-8-25)17-4-2-3-16(12-17)18-13-23-20-6-5-15(14-27(18)20)11-19-21(28)24-22(29)30-19/h2-6,11-14H,7-10H2,1H3,(H,24,28,29)/b19-11-. The Bertz CT molecular complexity index is 1180. The van der Waals surface area contributed by atoms with Crippen molar-refractivity contribution in [3.05, 3.63) is 59.3 Å². The highest BCUT2D eigenvalue weighted by atomic mass is 32.2. The van der Waals surface area contributed by atoms with Crippen LogP contribution in [0, 0.1) is 0 Å². The van der Waals surface area contributed by atoms with Crippen LogP contribution in [0.2, 0.25) is 0 Å². The normalized spacial score (nSPS) is 19.1. The molecule has 5 rings (SSSR count). The molecule has 2 aromatic heterocycles. The molecule has 2 fully saturated rings. The predicted octanol–water partition coefficient (Wildman–Crippen LogP) is 3.08. The SMILES string of the molecule is CN1CCN(c2cccc(-c3cnc4ccc(/C=C5\SC(=O)NC5=O)cn34)c2)CC1. The maximum Gasteiger partial charge on any atom is 0.290 e. The molecule has 0 aliphatic carbocycles. The van der Waals surface area contributed by atoms with Crippen LogP contribution < -0.4 is 10.2 Å². The highest BCUT2D eigenvalue weighted by Gasteiger charge is 2.25. The Hall–Kier alpha value is -3.10. The van der Waals surface area contributed by atoms with Crippen molar-refractivity contribution in [3.63, 3.8) is 0 Å². The zero-order chi connectivity index (χ0) is 20.7. The second-order valence-corrected chi connectivity index (χ2v) is 8.54. The number of nitrogens with one attached hydrogen (secondary N) is 1. The number of aromatic nitrogens is 2. The molecule has 2 aliphatic heterocycles. The number of anilines is 1. The summed E-state index contributed by atoms with van der Waals surface area (Å²) in [6.07, 6.45) is 5.55. The summed E-state index contributed by atoms with van der Waals surface area (Å²) in [6, 6.07) is 12.3. The van der Waals surface area contributed by atoms with Gasteiger partial charge in [-0.25, -0.2) is 4.98 Å². The first-order chi connectivity index (χ1) is 14.6. The second kappa shape index (κ2) is 7.62. The van der Waals surface area contributed by atoms with Gasteiger partial charge in [-0.3, -0.25) is 19.3 Å². The molecule has 2 amide bonds. The minimum Gasteiger partial charge on any atom is -0.369 e. The van der Waals surface area contributed by atoms with Crippen LogP contribution in [0.3, 0.4) is 0 Å². The van der Waals surface area contributed by atoms with Crippen LogP contribution in [0.1, 0.15) is 5.56 Å². The highest BCUT2D eigenvalue weighted by Crippen LogP contribution is 2.28. The van der Waals surface area contributed by atoms with Gasteiger partial charge in [0.1, 0.15) is 5.65 Å². The molecule has 2 aliphatic rings. The summed E-state index contributed by atoms with van der Waals surface area (Å²) in [4.78, 5) is 33.0. The number of pyridine rings is 1. The van der Waals surface area contributed by atoms with Crippen molar-refractivity contribution >= 4 is 40.3 Å². The Balaban J connectivity index is 1.49. The van der Waals surface area contributed by atoms with Crippen LogP contribution in [0.5, 0.6) is 0 Å². The zero-order valence-corrected chi connectivity index (χ0v) is 17.4. The lowest BCUT2D eigenvalue weighted by molar-refractivity contribution is -0.115. The number of piperazine rings is 1. The van der Waals surface area contributed by atoms with Gasteiger partial charge in [0.2, 0.25) is 0 Å². The van der Waals surface area contributed by atoms with Crippen molar-refractivity contribution in [3.8, 4) is 11.3 Å². The smallest absolute Gasteiger partial charge is 0.290 e. The molecule has 3 aromatic rings. The lowest BCUT2D eigenvalue weighted by Crippen LogP contribution is -2.44. The van der Waals surface area contributed by atoms with Crippen LogP contribution in [0.25, 0.3) is 23.0 Å². The third-order valence-electron chi connectivity index (χ3n) is 5.48. The molecule has 0 saturated carbocycles. The van der Waals surface area contributed by atoms with Gasteiger partial charge in [-0.05, 0) is 54.7 Å². The minimum atomic E-state index is -0.351. The maximum absolute atomic E-state index is 11.9. The van der Waals surface area contributed by atoms with Crippen LogP contribution in [-0.4, -0.2) is 58.7 Å². The summed E-state index contributed by atoms with van der Waals surface area (Å²) in [6.45, 7) is 4.16. The van der Waals surface area contributed by atoms with E-state index >= 15 is 0 Å². The average Bonchev–Trinajstić information content (AvgIpc) is 3.31. The van der Waals surface area contributed by atoms with Crippen LogP contribution in [0.4, 0.5) is 10.5 Å². The second-order valence-electron chi connectivity index (χ2n) is 7.53. The van der Waals surface area contributed by atoms with E-state index in [1.54, 1.807) is 6.08 Å². The molecular weight excluding hydrogens is 398 g/mol. The number of thioether (sulfide) groups is 1. The van der Waals surface area contributed by atoms with E-state index in [9.17, 15) is 9.59 Å². The Labute approximate surface area is 178 Å². The molecule has 2 saturated heterocycles. The van der Waals surface area contributed by atoms with Crippen LogP contribution in [0.15, 0.2) is 53.7 Å². The molecule has 7 nitrogen and oxygen atoms in total. The maximum atomic E-state index is 11.9. The zero-order valence-electron chi connectivity index (χ0n) is 16.5. The monoisotopic (exact) mass is 419 g/mol. The summed E-state index contributed by atoms with van der Waals surface area (Å²) in [5.74, 6) is -0.351. The number of carbonyl (C=O) groups is 2. The fourth-order valence-corrected chi connectivity index (χ4v) is 4.48. The van der Waals surface area contributed by atoms with Crippen LogP contribution >= 0.6 is 11.8 Å². The number of imide groups is 1. The van der Waals surface area contributed by atoms with E-state index in [0.29, 0.717) is 4.91 Å². The molecule has 30 heavy (non-hydrogen) atoms. The molecule has 8 heteroatoms. The topological polar surface area (TPSA) is 69.9 Å². The Kier molecular flexibility index (Phi) is 4.80. The molecular formula is C22H21N5O2S. The number of carbonyl (C=O) groups excluding carboxylic acids is 2.